The largest absolute Gasteiger partial charge is 0.350 e. The van der Waals surface area contributed by atoms with Crippen LogP contribution < -0.4 is 5.32 Å². The Hall–Kier alpha value is -2.70. The van der Waals surface area contributed by atoms with Crippen molar-refractivity contribution in [3.63, 3.8) is 0 Å². The second kappa shape index (κ2) is 6.60. The molecule has 2 rings (SSSR count). The number of hydrogen-bond acceptors (Lipinski definition) is 4. The van der Waals surface area contributed by atoms with Crippen LogP contribution in [0.2, 0.25) is 0 Å². The van der Waals surface area contributed by atoms with Gasteiger partial charge >= 0.3 is 5.69 Å². The number of aryl methyl sites for hydroxylation is 3. The van der Waals surface area contributed by atoms with Crippen molar-refractivity contribution in [1.82, 2.24) is 15.1 Å². The maximum absolute atomic E-state index is 12.2. The molecule has 0 aliphatic rings. The molecular formula is C16H20N4O3. The van der Waals surface area contributed by atoms with Gasteiger partial charge in [0.25, 0.3) is 5.91 Å². The van der Waals surface area contributed by atoms with Crippen molar-refractivity contribution in [2.24, 2.45) is 0 Å². The Balaban J connectivity index is 2.01. The summed E-state index contributed by atoms with van der Waals surface area (Å²) in [5.41, 5.74) is 3.57. The van der Waals surface area contributed by atoms with E-state index in [1.165, 1.54) is 0 Å². The number of rotatable bonds is 5. The molecule has 0 aliphatic heterocycles. The summed E-state index contributed by atoms with van der Waals surface area (Å²) in [6.45, 7) is 7.87. The van der Waals surface area contributed by atoms with Crippen LogP contribution >= 0.6 is 0 Å². The van der Waals surface area contributed by atoms with Crippen LogP contribution in [0.15, 0.2) is 18.2 Å². The van der Waals surface area contributed by atoms with Crippen molar-refractivity contribution in [2.45, 2.75) is 34.2 Å². The molecule has 0 fully saturated rings. The number of amides is 1. The summed E-state index contributed by atoms with van der Waals surface area (Å²) in [7, 11) is 0. The van der Waals surface area contributed by atoms with Gasteiger partial charge < -0.3 is 5.32 Å². The van der Waals surface area contributed by atoms with Crippen LogP contribution in [-0.2, 0) is 6.54 Å². The van der Waals surface area contributed by atoms with E-state index in [9.17, 15) is 14.9 Å². The van der Waals surface area contributed by atoms with E-state index in [4.69, 9.17) is 0 Å². The molecular weight excluding hydrogens is 296 g/mol. The highest BCUT2D eigenvalue weighted by atomic mass is 16.6. The summed E-state index contributed by atoms with van der Waals surface area (Å²) < 4.78 is 1.55. The number of aromatic nitrogens is 2. The Bertz CT molecular complexity index is 765. The molecule has 0 saturated carbocycles. The first-order chi connectivity index (χ1) is 10.8. The average Bonchev–Trinajstić information content (AvgIpc) is 2.73. The second-order valence-corrected chi connectivity index (χ2v) is 5.57. The maximum atomic E-state index is 12.2. The predicted molar refractivity (Wildman–Crippen MR) is 86.6 cm³/mol. The fourth-order valence-corrected chi connectivity index (χ4v) is 2.61. The number of hydrogen-bond donors (Lipinski definition) is 1. The number of nitro groups is 1. The third kappa shape index (κ3) is 3.56. The number of carbonyl (C=O) groups excluding carboxylic acids is 1. The van der Waals surface area contributed by atoms with Crippen molar-refractivity contribution in [3.8, 4) is 0 Å². The molecule has 1 aromatic heterocycles. The highest BCUT2D eigenvalue weighted by molar-refractivity contribution is 5.95. The Morgan fingerprint density at radius 1 is 1.30 bits per heavy atom. The summed E-state index contributed by atoms with van der Waals surface area (Å²) in [5, 5.41) is 17.9. The minimum Gasteiger partial charge on any atom is -0.350 e. The van der Waals surface area contributed by atoms with E-state index in [0.29, 0.717) is 30.0 Å². The molecule has 0 unspecified atom stereocenters. The van der Waals surface area contributed by atoms with Crippen molar-refractivity contribution < 1.29 is 9.72 Å². The van der Waals surface area contributed by atoms with E-state index in [1.54, 1.807) is 24.6 Å². The smallest absolute Gasteiger partial charge is 0.312 e. The van der Waals surface area contributed by atoms with Gasteiger partial charge in [0.2, 0.25) is 0 Å². The molecule has 23 heavy (non-hydrogen) atoms. The summed E-state index contributed by atoms with van der Waals surface area (Å²) in [4.78, 5) is 22.7. The Labute approximate surface area is 134 Å². The quantitative estimate of drug-likeness (QED) is 0.677. The maximum Gasteiger partial charge on any atom is 0.312 e. The van der Waals surface area contributed by atoms with Gasteiger partial charge in [0.1, 0.15) is 11.4 Å². The minimum absolute atomic E-state index is 0.0331. The van der Waals surface area contributed by atoms with Gasteiger partial charge in [0.15, 0.2) is 0 Å². The van der Waals surface area contributed by atoms with Gasteiger partial charge in [-0.3, -0.25) is 19.6 Å². The summed E-state index contributed by atoms with van der Waals surface area (Å²) in [6.07, 6.45) is 0. The molecule has 7 heteroatoms. The summed E-state index contributed by atoms with van der Waals surface area (Å²) >= 11 is 0. The first-order valence-electron chi connectivity index (χ1n) is 7.35. The Morgan fingerprint density at radius 3 is 2.57 bits per heavy atom. The molecule has 0 spiro atoms. The second-order valence-electron chi connectivity index (χ2n) is 5.57. The molecule has 1 heterocycles. The average molecular weight is 316 g/mol. The predicted octanol–water partition coefficient (Wildman–Crippen LogP) is 2.45. The van der Waals surface area contributed by atoms with E-state index in [0.717, 1.165) is 11.1 Å². The molecule has 122 valence electrons. The first kappa shape index (κ1) is 16.7. The van der Waals surface area contributed by atoms with E-state index >= 15 is 0 Å². The molecule has 0 bridgehead atoms. The Kier molecular flexibility index (Phi) is 4.78. The number of nitrogens with one attached hydrogen (secondary N) is 1. The van der Waals surface area contributed by atoms with Crippen LogP contribution in [0.1, 0.15) is 32.9 Å². The van der Waals surface area contributed by atoms with E-state index in [2.05, 4.69) is 10.4 Å². The Morgan fingerprint density at radius 2 is 2.00 bits per heavy atom. The van der Waals surface area contributed by atoms with Gasteiger partial charge in [-0.05, 0) is 39.3 Å². The zero-order valence-electron chi connectivity index (χ0n) is 13.7. The fraction of sp³-hybridized carbons (Fsp3) is 0.375. The monoisotopic (exact) mass is 316 g/mol. The normalized spacial score (nSPS) is 10.6. The van der Waals surface area contributed by atoms with E-state index in [-0.39, 0.29) is 11.6 Å². The molecule has 0 saturated heterocycles. The van der Waals surface area contributed by atoms with E-state index in [1.807, 2.05) is 26.0 Å². The molecule has 0 radical (unpaired) electrons. The van der Waals surface area contributed by atoms with E-state index < -0.39 is 4.92 Å². The number of nitrogens with zero attached hydrogens (tertiary/aromatic N) is 3. The SMILES string of the molecule is Cc1ccc(C(=O)NCCn2nc(C)c([N+](=O)[O-])c2C)c(C)c1. The first-order valence-corrected chi connectivity index (χ1v) is 7.35. The van der Waals surface area contributed by atoms with Gasteiger partial charge in [-0.1, -0.05) is 17.7 Å². The zero-order chi connectivity index (χ0) is 17.1. The van der Waals surface area contributed by atoms with Crippen molar-refractivity contribution >= 4 is 11.6 Å². The lowest BCUT2D eigenvalue weighted by atomic mass is 10.1. The third-order valence-electron chi connectivity index (χ3n) is 3.76. The third-order valence-corrected chi connectivity index (χ3v) is 3.76. The molecule has 7 nitrogen and oxygen atoms in total. The molecule has 1 N–H and O–H groups in total. The van der Waals surface area contributed by atoms with Gasteiger partial charge in [-0.25, -0.2) is 0 Å². The van der Waals surface area contributed by atoms with Crippen LogP contribution in [0.3, 0.4) is 0 Å². The topological polar surface area (TPSA) is 90.1 Å². The highest BCUT2D eigenvalue weighted by Gasteiger charge is 2.21. The molecule has 1 aromatic carbocycles. The van der Waals surface area contributed by atoms with Crippen LogP contribution in [0.5, 0.6) is 0 Å². The van der Waals surface area contributed by atoms with Gasteiger partial charge in [0, 0.05) is 12.1 Å². The summed E-state index contributed by atoms with van der Waals surface area (Å²) in [6, 6.07) is 5.65. The number of carbonyl (C=O) groups is 1. The molecule has 2 aromatic rings. The van der Waals surface area contributed by atoms with Crippen molar-refractivity contribution in [3.05, 3.63) is 56.4 Å². The summed E-state index contributed by atoms with van der Waals surface area (Å²) in [5.74, 6) is -0.154. The van der Waals surface area contributed by atoms with Crippen molar-refractivity contribution in [2.75, 3.05) is 6.54 Å². The molecule has 0 atom stereocenters. The lowest BCUT2D eigenvalue weighted by Gasteiger charge is -2.09. The lowest BCUT2D eigenvalue weighted by molar-refractivity contribution is -0.386. The van der Waals surface area contributed by atoms with Crippen LogP contribution in [-0.4, -0.2) is 27.2 Å². The minimum atomic E-state index is -0.428. The van der Waals surface area contributed by atoms with Gasteiger partial charge in [-0.15, -0.1) is 0 Å². The molecule has 0 aliphatic carbocycles. The zero-order valence-corrected chi connectivity index (χ0v) is 13.7. The van der Waals surface area contributed by atoms with Gasteiger partial charge in [-0.2, -0.15) is 5.10 Å². The lowest BCUT2D eigenvalue weighted by Crippen LogP contribution is -2.28. The van der Waals surface area contributed by atoms with Crippen LogP contribution in [0.4, 0.5) is 5.69 Å². The van der Waals surface area contributed by atoms with Crippen LogP contribution in [0.25, 0.3) is 0 Å². The molecule has 1 amide bonds. The highest BCUT2D eigenvalue weighted by Crippen LogP contribution is 2.21. The van der Waals surface area contributed by atoms with Crippen LogP contribution in [0, 0.1) is 37.8 Å². The number of benzene rings is 1. The fourth-order valence-electron chi connectivity index (χ4n) is 2.61. The standard InChI is InChI=1S/C16H20N4O3/c1-10-5-6-14(11(2)9-10)16(21)17-7-8-19-13(4)15(20(22)23)12(3)18-19/h5-6,9H,7-8H2,1-4H3,(H,17,21). The van der Waals surface area contributed by atoms with Crippen molar-refractivity contribution in [1.29, 1.82) is 0 Å². The van der Waals surface area contributed by atoms with Gasteiger partial charge in [0.05, 0.1) is 11.5 Å².